The van der Waals surface area contributed by atoms with E-state index < -0.39 is 28.7 Å². The van der Waals surface area contributed by atoms with Crippen molar-refractivity contribution < 1.29 is 14.3 Å². The maximum absolute atomic E-state index is 14.0. The SMILES string of the molecule is CCCCN1C(=O)C2(CC(C)(C)NC(C)(C)C2C(N)=O)OC1(CCC)CCC. The molecule has 2 unspecified atom stereocenters. The van der Waals surface area contributed by atoms with Gasteiger partial charge < -0.3 is 20.7 Å². The maximum Gasteiger partial charge on any atom is 0.258 e. The van der Waals surface area contributed by atoms with Crippen LogP contribution in [0.5, 0.6) is 0 Å². The van der Waals surface area contributed by atoms with Gasteiger partial charge >= 0.3 is 0 Å². The fourth-order valence-corrected chi connectivity index (χ4v) is 5.96. The molecule has 2 heterocycles. The van der Waals surface area contributed by atoms with Crippen molar-refractivity contribution in [2.75, 3.05) is 6.54 Å². The zero-order valence-electron chi connectivity index (χ0n) is 19.0. The molecule has 2 aliphatic heterocycles. The summed E-state index contributed by atoms with van der Waals surface area (Å²) in [6.45, 7) is 15.1. The molecule has 2 aliphatic rings. The molecular weight excluding hydrogens is 354 g/mol. The summed E-state index contributed by atoms with van der Waals surface area (Å²) < 4.78 is 6.86. The average Bonchev–Trinajstić information content (AvgIpc) is 2.71. The van der Waals surface area contributed by atoms with Gasteiger partial charge in [0.05, 0.1) is 5.92 Å². The lowest BCUT2D eigenvalue weighted by Gasteiger charge is -2.54. The third-order valence-electron chi connectivity index (χ3n) is 6.33. The molecule has 6 nitrogen and oxygen atoms in total. The largest absolute Gasteiger partial charge is 0.369 e. The number of rotatable bonds is 8. The number of carbonyl (C=O) groups is 2. The number of hydrogen-bond acceptors (Lipinski definition) is 4. The predicted molar refractivity (Wildman–Crippen MR) is 112 cm³/mol. The lowest BCUT2D eigenvalue weighted by Crippen LogP contribution is -2.74. The molecule has 0 aromatic carbocycles. The first-order valence-corrected chi connectivity index (χ1v) is 11.0. The number of primary amides is 1. The molecule has 0 radical (unpaired) electrons. The normalized spacial score (nSPS) is 30.8. The van der Waals surface area contributed by atoms with Crippen LogP contribution in [-0.4, -0.2) is 45.7 Å². The fraction of sp³-hybridized carbons (Fsp3) is 0.909. The summed E-state index contributed by atoms with van der Waals surface area (Å²) in [6, 6.07) is 0. The molecule has 0 aromatic heterocycles. The molecule has 2 atom stereocenters. The second kappa shape index (κ2) is 7.94. The molecule has 28 heavy (non-hydrogen) atoms. The number of carbonyl (C=O) groups excluding carboxylic acids is 2. The lowest BCUT2D eigenvalue weighted by molar-refractivity contribution is -0.199. The summed E-state index contributed by atoms with van der Waals surface area (Å²) in [6.07, 6.45) is 5.75. The Balaban J connectivity index is 2.65. The lowest BCUT2D eigenvalue weighted by atomic mass is 9.64. The Morgan fingerprint density at radius 2 is 1.71 bits per heavy atom. The molecule has 2 rings (SSSR count). The number of ether oxygens (including phenoxy) is 1. The van der Waals surface area contributed by atoms with Gasteiger partial charge in [0, 0.05) is 24.0 Å². The molecule has 2 fully saturated rings. The van der Waals surface area contributed by atoms with Crippen molar-refractivity contribution >= 4 is 11.8 Å². The van der Waals surface area contributed by atoms with Crippen LogP contribution in [0.3, 0.4) is 0 Å². The van der Waals surface area contributed by atoms with Crippen molar-refractivity contribution in [2.24, 2.45) is 11.7 Å². The van der Waals surface area contributed by atoms with E-state index in [0.29, 0.717) is 13.0 Å². The number of nitrogens with zero attached hydrogens (tertiary/aromatic N) is 1. The quantitative estimate of drug-likeness (QED) is 0.660. The van der Waals surface area contributed by atoms with Crippen LogP contribution < -0.4 is 11.1 Å². The molecule has 1 spiro atoms. The molecular formula is C22H41N3O3. The Labute approximate surface area is 170 Å². The van der Waals surface area contributed by atoms with Crippen molar-refractivity contribution in [1.82, 2.24) is 10.2 Å². The summed E-state index contributed by atoms with van der Waals surface area (Å²) in [4.78, 5) is 28.6. The third-order valence-corrected chi connectivity index (χ3v) is 6.33. The summed E-state index contributed by atoms with van der Waals surface area (Å²) in [5.74, 6) is -1.24. The average molecular weight is 396 g/mol. The van der Waals surface area contributed by atoms with Gasteiger partial charge in [0.25, 0.3) is 5.91 Å². The first-order chi connectivity index (χ1) is 12.9. The molecule has 2 saturated heterocycles. The standard InChI is InChI=1S/C22H41N3O3/c1-8-11-14-25-18(27)22(28-21(25,12-9-2)13-10-3)15-19(4,5)24-20(6,7)16(22)17(23)26/h16,24H,8-15H2,1-7H3,(H2,23,26). The zero-order chi connectivity index (χ0) is 21.4. The van der Waals surface area contributed by atoms with Crippen molar-refractivity contribution in [3.63, 3.8) is 0 Å². The van der Waals surface area contributed by atoms with E-state index in [1.807, 2.05) is 18.7 Å². The van der Waals surface area contributed by atoms with E-state index >= 15 is 0 Å². The van der Waals surface area contributed by atoms with Crippen LogP contribution in [0.1, 0.15) is 93.4 Å². The van der Waals surface area contributed by atoms with Gasteiger partial charge in [-0.25, -0.2) is 0 Å². The Morgan fingerprint density at radius 1 is 1.14 bits per heavy atom. The van der Waals surface area contributed by atoms with E-state index in [0.717, 1.165) is 38.5 Å². The van der Waals surface area contributed by atoms with Crippen LogP contribution in [0, 0.1) is 5.92 Å². The molecule has 162 valence electrons. The minimum Gasteiger partial charge on any atom is -0.369 e. The molecule has 6 heteroatoms. The van der Waals surface area contributed by atoms with E-state index in [-0.39, 0.29) is 11.4 Å². The van der Waals surface area contributed by atoms with Gasteiger partial charge in [0.1, 0.15) is 5.72 Å². The van der Waals surface area contributed by atoms with Crippen LogP contribution in [0.15, 0.2) is 0 Å². The zero-order valence-corrected chi connectivity index (χ0v) is 19.0. The monoisotopic (exact) mass is 395 g/mol. The number of piperidine rings is 1. The van der Waals surface area contributed by atoms with Crippen molar-refractivity contribution in [2.45, 2.75) is 116 Å². The van der Waals surface area contributed by atoms with E-state index in [2.05, 4.69) is 39.9 Å². The summed E-state index contributed by atoms with van der Waals surface area (Å²) in [7, 11) is 0. The number of unbranched alkanes of at least 4 members (excludes halogenated alkanes) is 1. The first kappa shape index (κ1) is 23.1. The van der Waals surface area contributed by atoms with E-state index in [4.69, 9.17) is 10.5 Å². The second-order valence-electron chi connectivity index (χ2n) is 9.99. The fourth-order valence-electron chi connectivity index (χ4n) is 5.96. The van der Waals surface area contributed by atoms with Crippen LogP contribution in [-0.2, 0) is 14.3 Å². The van der Waals surface area contributed by atoms with E-state index in [1.54, 1.807) is 0 Å². The Bertz CT molecular complexity index is 596. The summed E-state index contributed by atoms with van der Waals surface area (Å²) in [5, 5.41) is 3.53. The number of amides is 2. The van der Waals surface area contributed by atoms with E-state index in [1.165, 1.54) is 0 Å². The molecule has 2 amide bonds. The van der Waals surface area contributed by atoms with Gasteiger partial charge in [-0.2, -0.15) is 0 Å². The molecule has 0 aliphatic carbocycles. The summed E-state index contributed by atoms with van der Waals surface area (Å²) in [5.41, 5.74) is 3.05. The smallest absolute Gasteiger partial charge is 0.258 e. The van der Waals surface area contributed by atoms with Crippen LogP contribution in [0.2, 0.25) is 0 Å². The van der Waals surface area contributed by atoms with Gasteiger partial charge in [-0.05, 0) is 47.0 Å². The first-order valence-electron chi connectivity index (χ1n) is 11.0. The topological polar surface area (TPSA) is 84.7 Å². The predicted octanol–water partition coefficient (Wildman–Crippen LogP) is 3.33. The van der Waals surface area contributed by atoms with Gasteiger partial charge in [-0.15, -0.1) is 0 Å². The van der Waals surface area contributed by atoms with Gasteiger partial charge in [0.15, 0.2) is 5.60 Å². The van der Waals surface area contributed by atoms with Crippen LogP contribution in [0.4, 0.5) is 0 Å². The van der Waals surface area contributed by atoms with Crippen LogP contribution >= 0.6 is 0 Å². The van der Waals surface area contributed by atoms with Crippen molar-refractivity contribution in [3.05, 3.63) is 0 Å². The molecule has 0 aromatic rings. The highest BCUT2D eigenvalue weighted by atomic mass is 16.6. The van der Waals surface area contributed by atoms with Gasteiger partial charge in [-0.1, -0.05) is 40.0 Å². The number of nitrogens with two attached hydrogens (primary N) is 1. The van der Waals surface area contributed by atoms with Gasteiger partial charge in [-0.3, -0.25) is 9.59 Å². The molecule has 0 bridgehead atoms. The highest BCUT2D eigenvalue weighted by Crippen LogP contribution is 2.53. The van der Waals surface area contributed by atoms with Gasteiger partial charge in [0.2, 0.25) is 5.91 Å². The van der Waals surface area contributed by atoms with E-state index in [9.17, 15) is 9.59 Å². The molecule has 0 saturated carbocycles. The minimum absolute atomic E-state index is 0.0469. The Morgan fingerprint density at radius 3 is 2.18 bits per heavy atom. The second-order valence-corrected chi connectivity index (χ2v) is 9.99. The maximum atomic E-state index is 14.0. The third kappa shape index (κ3) is 3.82. The highest BCUT2D eigenvalue weighted by molar-refractivity contribution is 5.95. The minimum atomic E-state index is -1.21. The number of nitrogens with one attached hydrogen (secondary N) is 1. The van der Waals surface area contributed by atoms with Crippen molar-refractivity contribution in [1.29, 1.82) is 0 Å². The van der Waals surface area contributed by atoms with Crippen molar-refractivity contribution in [3.8, 4) is 0 Å². The van der Waals surface area contributed by atoms with Crippen LogP contribution in [0.25, 0.3) is 0 Å². The highest BCUT2D eigenvalue weighted by Gasteiger charge is 2.70. The number of hydrogen-bond donors (Lipinski definition) is 2. The molecule has 3 N–H and O–H groups in total. The summed E-state index contributed by atoms with van der Waals surface area (Å²) >= 11 is 0. The Hall–Kier alpha value is -1.14. The Kier molecular flexibility index (Phi) is 6.56.